The summed E-state index contributed by atoms with van der Waals surface area (Å²) < 4.78 is 5.62. The van der Waals surface area contributed by atoms with E-state index in [1.54, 1.807) is 0 Å². The highest BCUT2D eigenvalue weighted by atomic mass is 16.5. The van der Waals surface area contributed by atoms with Crippen LogP contribution in [-0.4, -0.2) is 25.3 Å². The molecule has 0 aromatic heterocycles. The van der Waals surface area contributed by atoms with E-state index in [-0.39, 0.29) is 0 Å². The summed E-state index contributed by atoms with van der Waals surface area (Å²) in [5.41, 5.74) is 0. The van der Waals surface area contributed by atoms with Crippen molar-refractivity contribution < 1.29 is 4.74 Å². The van der Waals surface area contributed by atoms with Crippen LogP contribution in [0.1, 0.15) is 51.4 Å². The fraction of sp³-hybridized carbons (Fsp3) is 1.00. The lowest BCUT2D eigenvalue weighted by Crippen LogP contribution is -2.33. The van der Waals surface area contributed by atoms with E-state index >= 15 is 0 Å². The van der Waals surface area contributed by atoms with Gasteiger partial charge in [-0.3, -0.25) is 0 Å². The van der Waals surface area contributed by atoms with Crippen LogP contribution in [0.15, 0.2) is 0 Å². The molecule has 0 aliphatic carbocycles. The summed E-state index contributed by atoms with van der Waals surface area (Å²) in [6.45, 7) is 2.25. The Morgan fingerprint density at radius 1 is 1.07 bits per heavy atom. The van der Waals surface area contributed by atoms with Crippen LogP contribution in [0.25, 0.3) is 0 Å². The van der Waals surface area contributed by atoms with Crippen molar-refractivity contribution in [1.29, 1.82) is 0 Å². The van der Waals surface area contributed by atoms with Gasteiger partial charge in [-0.1, -0.05) is 6.42 Å². The number of piperidine rings is 1. The van der Waals surface area contributed by atoms with E-state index in [2.05, 4.69) is 5.32 Å². The standard InChI is InChI=1S/C12H23NO/c1-2-9-13-11(5-1)6-3-7-12-8-4-10-14-12/h11-13H,1-10H2. The van der Waals surface area contributed by atoms with Crippen molar-refractivity contribution in [1.82, 2.24) is 5.32 Å². The largest absolute Gasteiger partial charge is 0.378 e. The van der Waals surface area contributed by atoms with Crippen LogP contribution in [0, 0.1) is 0 Å². The van der Waals surface area contributed by atoms with Crippen molar-refractivity contribution in [2.45, 2.75) is 63.5 Å². The van der Waals surface area contributed by atoms with E-state index in [9.17, 15) is 0 Å². The summed E-state index contributed by atoms with van der Waals surface area (Å²) in [5, 5.41) is 3.60. The zero-order chi connectivity index (χ0) is 9.64. The minimum atomic E-state index is 0.596. The van der Waals surface area contributed by atoms with E-state index in [0.717, 1.165) is 12.6 Å². The van der Waals surface area contributed by atoms with E-state index in [1.165, 1.54) is 57.9 Å². The molecule has 2 fully saturated rings. The quantitative estimate of drug-likeness (QED) is 0.747. The maximum atomic E-state index is 5.62. The van der Waals surface area contributed by atoms with Gasteiger partial charge >= 0.3 is 0 Å². The van der Waals surface area contributed by atoms with Crippen molar-refractivity contribution in [3.63, 3.8) is 0 Å². The maximum Gasteiger partial charge on any atom is 0.0576 e. The number of hydrogen-bond acceptors (Lipinski definition) is 2. The summed E-state index contributed by atoms with van der Waals surface area (Å²) in [5.74, 6) is 0. The number of nitrogens with one attached hydrogen (secondary N) is 1. The second-order valence-corrected chi connectivity index (χ2v) is 4.71. The van der Waals surface area contributed by atoms with E-state index in [4.69, 9.17) is 4.74 Å². The first-order valence-electron chi connectivity index (χ1n) is 6.30. The predicted molar refractivity (Wildman–Crippen MR) is 58.5 cm³/mol. The molecule has 0 radical (unpaired) electrons. The van der Waals surface area contributed by atoms with Crippen LogP contribution in [0.3, 0.4) is 0 Å². The van der Waals surface area contributed by atoms with Gasteiger partial charge in [0.2, 0.25) is 0 Å². The highest BCUT2D eigenvalue weighted by molar-refractivity contribution is 4.73. The van der Waals surface area contributed by atoms with Gasteiger partial charge in [0.25, 0.3) is 0 Å². The Balaban J connectivity index is 1.52. The molecule has 1 N–H and O–H groups in total. The number of rotatable bonds is 4. The average Bonchev–Trinajstić information content (AvgIpc) is 2.72. The molecule has 2 nitrogen and oxygen atoms in total. The van der Waals surface area contributed by atoms with Crippen molar-refractivity contribution >= 4 is 0 Å². The molecule has 2 saturated heterocycles. The molecule has 2 aliphatic rings. The first-order valence-corrected chi connectivity index (χ1v) is 6.30. The van der Waals surface area contributed by atoms with Gasteiger partial charge in [-0.05, 0) is 51.5 Å². The van der Waals surface area contributed by atoms with E-state index in [1.807, 2.05) is 0 Å². The van der Waals surface area contributed by atoms with Gasteiger partial charge in [0.15, 0.2) is 0 Å². The first kappa shape index (κ1) is 10.4. The summed E-state index contributed by atoms with van der Waals surface area (Å²) in [6, 6.07) is 0.810. The third-order valence-corrected chi connectivity index (χ3v) is 3.52. The number of ether oxygens (including phenoxy) is 1. The van der Waals surface area contributed by atoms with Gasteiger partial charge in [-0.2, -0.15) is 0 Å². The molecular formula is C12H23NO. The fourth-order valence-electron chi connectivity index (χ4n) is 2.63. The Kier molecular flexibility index (Phi) is 4.26. The normalized spacial score (nSPS) is 33.4. The molecule has 2 atom stereocenters. The Morgan fingerprint density at radius 2 is 2.07 bits per heavy atom. The summed E-state index contributed by atoms with van der Waals surface area (Å²) in [4.78, 5) is 0. The second kappa shape index (κ2) is 5.72. The monoisotopic (exact) mass is 197 g/mol. The molecule has 0 saturated carbocycles. The van der Waals surface area contributed by atoms with Crippen molar-refractivity contribution in [3.05, 3.63) is 0 Å². The molecule has 0 bridgehead atoms. The van der Waals surface area contributed by atoms with E-state index in [0.29, 0.717) is 6.10 Å². The molecule has 0 amide bonds. The van der Waals surface area contributed by atoms with Crippen LogP contribution in [0.2, 0.25) is 0 Å². The van der Waals surface area contributed by atoms with Crippen LogP contribution < -0.4 is 5.32 Å². The third-order valence-electron chi connectivity index (χ3n) is 3.52. The molecular weight excluding hydrogens is 174 g/mol. The summed E-state index contributed by atoms with van der Waals surface area (Å²) in [7, 11) is 0. The van der Waals surface area contributed by atoms with E-state index < -0.39 is 0 Å². The van der Waals surface area contributed by atoms with Crippen molar-refractivity contribution in [3.8, 4) is 0 Å². The van der Waals surface area contributed by atoms with Crippen molar-refractivity contribution in [2.24, 2.45) is 0 Å². The third kappa shape index (κ3) is 3.25. The van der Waals surface area contributed by atoms with Gasteiger partial charge in [-0.15, -0.1) is 0 Å². The van der Waals surface area contributed by atoms with Gasteiger partial charge in [-0.25, -0.2) is 0 Å². The topological polar surface area (TPSA) is 21.3 Å². The Morgan fingerprint density at radius 3 is 2.79 bits per heavy atom. The lowest BCUT2D eigenvalue weighted by atomic mass is 9.98. The lowest BCUT2D eigenvalue weighted by molar-refractivity contribution is 0.101. The maximum absolute atomic E-state index is 5.62. The Bertz CT molecular complexity index is 148. The molecule has 2 rings (SSSR count). The molecule has 14 heavy (non-hydrogen) atoms. The van der Waals surface area contributed by atoms with Crippen LogP contribution in [-0.2, 0) is 4.74 Å². The molecule has 2 heterocycles. The van der Waals surface area contributed by atoms with Crippen LogP contribution in [0.4, 0.5) is 0 Å². The minimum Gasteiger partial charge on any atom is -0.378 e. The minimum absolute atomic E-state index is 0.596. The zero-order valence-corrected chi connectivity index (χ0v) is 9.13. The first-order chi connectivity index (χ1) is 6.95. The molecule has 82 valence electrons. The van der Waals surface area contributed by atoms with Gasteiger partial charge in [0.05, 0.1) is 6.10 Å². The fourth-order valence-corrected chi connectivity index (χ4v) is 2.63. The SMILES string of the molecule is C1CCC(CCCC2CCCO2)NC1. The number of hydrogen-bond donors (Lipinski definition) is 1. The average molecular weight is 197 g/mol. The Labute approximate surface area is 87.4 Å². The molecule has 0 spiro atoms. The highest BCUT2D eigenvalue weighted by Gasteiger charge is 2.16. The molecule has 2 heteroatoms. The van der Waals surface area contributed by atoms with Gasteiger partial charge in [0.1, 0.15) is 0 Å². The predicted octanol–water partition coefficient (Wildman–Crippen LogP) is 2.48. The smallest absolute Gasteiger partial charge is 0.0576 e. The molecule has 0 aromatic carbocycles. The second-order valence-electron chi connectivity index (χ2n) is 4.71. The van der Waals surface area contributed by atoms with Crippen LogP contribution >= 0.6 is 0 Å². The van der Waals surface area contributed by atoms with Crippen LogP contribution in [0.5, 0.6) is 0 Å². The molecule has 0 aromatic rings. The molecule has 2 unspecified atom stereocenters. The van der Waals surface area contributed by atoms with Gasteiger partial charge in [0, 0.05) is 12.6 Å². The summed E-state index contributed by atoms with van der Waals surface area (Å²) >= 11 is 0. The zero-order valence-electron chi connectivity index (χ0n) is 9.13. The highest BCUT2D eigenvalue weighted by Crippen LogP contribution is 2.19. The van der Waals surface area contributed by atoms with Crippen molar-refractivity contribution in [2.75, 3.05) is 13.2 Å². The Hall–Kier alpha value is -0.0800. The lowest BCUT2D eigenvalue weighted by Gasteiger charge is -2.23. The summed E-state index contributed by atoms with van der Waals surface area (Å²) in [6.07, 6.45) is 11.4. The molecule has 2 aliphatic heterocycles. The van der Waals surface area contributed by atoms with Gasteiger partial charge < -0.3 is 10.1 Å².